The Balaban J connectivity index is 1.46. The van der Waals surface area contributed by atoms with E-state index >= 15 is 0 Å². The van der Waals surface area contributed by atoms with Crippen molar-refractivity contribution in [3.8, 4) is 0 Å². The van der Waals surface area contributed by atoms with Gasteiger partial charge in [-0.15, -0.1) is 0 Å². The minimum absolute atomic E-state index is 0.0198. The third kappa shape index (κ3) is 4.85. The lowest BCUT2D eigenvalue weighted by molar-refractivity contribution is 0.101. The molecule has 0 amide bonds. The topological polar surface area (TPSA) is 73.4 Å². The maximum atomic E-state index is 12.0. The van der Waals surface area contributed by atoms with Crippen molar-refractivity contribution in [3.63, 3.8) is 0 Å². The summed E-state index contributed by atoms with van der Waals surface area (Å²) < 4.78 is 0. The third-order valence-electron chi connectivity index (χ3n) is 5.86. The number of carbonyl (C=O) groups excluding carboxylic acids is 1. The monoisotopic (exact) mass is 394 g/mol. The van der Waals surface area contributed by atoms with E-state index in [0.717, 1.165) is 44.7 Å². The van der Waals surface area contributed by atoms with Gasteiger partial charge in [-0.25, -0.2) is 4.98 Å². The van der Waals surface area contributed by atoms with E-state index in [0.29, 0.717) is 23.4 Å². The van der Waals surface area contributed by atoms with Crippen molar-refractivity contribution in [3.05, 3.63) is 36.0 Å². The zero-order valence-electron chi connectivity index (χ0n) is 17.3. The van der Waals surface area contributed by atoms with Crippen LogP contribution in [0, 0.1) is 0 Å². The Bertz CT molecular complexity index is 839. The predicted molar refractivity (Wildman–Crippen MR) is 117 cm³/mol. The number of aromatic nitrogens is 2. The van der Waals surface area contributed by atoms with Gasteiger partial charge in [0.2, 0.25) is 5.95 Å². The highest BCUT2D eigenvalue weighted by Crippen LogP contribution is 2.25. The van der Waals surface area contributed by atoms with Crippen LogP contribution in [-0.2, 0) is 0 Å². The summed E-state index contributed by atoms with van der Waals surface area (Å²) in [6, 6.07) is 8.77. The number of Topliss-reactive ketones (excluding diaryl/α,β-unsaturated/α-hetero) is 1. The lowest BCUT2D eigenvalue weighted by Crippen LogP contribution is -2.44. The van der Waals surface area contributed by atoms with Gasteiger partial charge >= 0.3 is 0 Å². The zero-order chi connectivity index (χ0) is 20.2. The van der Waals surface area contributed by atoms with Crippen LogP contribution in [0.4, 0.5) is 23.1 Å². The van der Waals surface area contributed by atoms with Crippen LogP contribution < -0.4 is 15.5 Å². The van der Waals surface area contributed by atoms with E-state index in [1.165, 1.54) is 18.5 Å². The summed E-state index contributed by atoms with van der Waals surface area (Å²) in [5.41, 5.74) is 2.72. The van der Waals surface area contributed by atoms with Crippen molar-refractivity contribution >= 4 is 28.9 Å². The second kappa shape index (κ2) is 8.78. The minimum Gasteiger partial charge on any atom is -0.369 e. The Hall–Kier alpha value is -2.67. The summed E-state index contributed by atoms with van der Waals surface area (Å²) in [7, 11) is 2.16. The van der Waals surface area contributed by atoms with Gasteiger partial charge in [-0.1, -0.05) is 12.8 Å². The zero-order valence-corrected chi connectivity index (χ0v) is 17.3. The molecule has 2 aliphatic rings. The lowest BCUT2D eigenvalue weighted by Gasteiger charge is -2.34. The van der Waals surface area contributed by atoms with Gasteiger partial charge in [-0.3, -0.25) is 4.79 Å². The molecule has 1 aliphatic heterocycles. The molecule has 0 radical (unpaired) electrons. The smallest absolute Gasteiger partial charge is 0.229 e. The number of hydrogen-bond acceptors (Lipinski definition) is 7. The Labute approximate surface area is 172 Å². The summed E-state index contributed by atoms with van der Waals surface area (Å²) in [6.45, 7) is 5.84. The molecule has 7 heteroatoms. The van der Waals surface area contributed by atoms with Crippen molar-refractivity contribution in [1.82, 2.24) is 14.9 Å². The largest absolute Gasteiger partial charge is 0.369 e. The van der Waals surface area contributed by atoms with Crippen LogP contribution >= 0.6 is 0 Å². The fourth-order valence-corrected chi connectivity index (χ4v) is 4.02. The molecular formula is C22H30N6O. The first-order chi connectivity index (χ1) is 14.1. The Kier molecular flexibility index (Phi) is 5.94. The van der Waals surface area contributed by atoms with Gasteiger partial charge in [0.05, 0.1) is 5.56 Å². The van der Waals surface area contributed by atoms with Crippen molar-refractivity contribution < 1.29 is 4.79 Å². The number of rotatable bonds is 6. The number of benzene rings is 1. The number of likely N-dealkylation sites (N-methyl/N-ethyl adjacent to an activating group) is 1. The molecule has 1 aromatic carbocycles. The molecule has 29 heavy (non-hydrogen) atoms. The van der Waals surface area contributed by atoms with E-state index in [2.05, 4.69) is 61.7 Å². The number of nitrogens with zero attached hydrogens (tertiary/aromatic N) is 4. The Morgan fingerprint density at radius 1 is 1.07 bits per heavy atom. The normalized spacial score (nSPS) is 18.1. The molecule has 0 atom stereocenters. The SMILES string of the molecule is CC(=O)c1cnc(Nc2ccc(N3CCN(C)CC3)cc2)nc1NC1CCCC1. The third-order valence-corrected chi connectivity index (χ3v) is 5.86. The first-order valence-corrected chi connectivity index (χ1v) is 10.5. The molecule has 2 N–H and O–H groups in total. The van der Waals surface area contributed by atoms with Crippen LogP contribution in [0.25, 0.3) is 0 Å². The van der Waals surface area contributed by atoms with E-state index in [1.54, 1.807) is 13.1 Å². The van der Waals surface area contributed by atoms with Crippen LogP contribution in [0.15, 0.2) is 30.5 Å². The van der Waals surface area contributed by atoms with E-state index in [9.17, 15) is 4.79 Å². The van der Waals surface area contributed by atoms with Gasteiger partial charge < -0.3 is 20.4 Å². The fraction of sp³-hybridized carbons (Fsp3) is 0.500. The Morgan fingerprint density at radius 3 is 2.41 bits per heavy atom. The van der Waals surface area contributed by atoms with E-state index in [1.807, 2.05) is 0 Å². The molecule has 154 valence electrons. The number of anilines is 4. The van der Waals surface area contributed by atoms with Gasteiger partial charge in [0.1, 0.15) is 5.82 Å². The van der Waals surface area contributed by atoms with Gasteiger partial charge in [-0.2, -0.15) is 4.98 Å². The van der Waals surface area contributed by atoms with Crippen LogP contribution in [0.3, 0.4) is 0 Å². The van der Waals surface area contributed by atoms with Crippen molar-refractivity contribution in [2.75, 3.05) is 48.8 Å². The minimum atomic E-state index is -0.0198. The number of hydrogen-bond donors (Lipinski definition) is 2. The molecule has 1 aliphatic carbocycles. The highest BCUT2D eigenvalue weighted by molar-refractivity contribution is 5.98. The highest BCUT2D eigenvalue weighted by Gasteiger charge is 2.19. The van der Waals surface area contributed by atoms with E-state index in [-0.39, 0.29) is 5.78 Å². The average molecular weight is 395 g/mol. The first kappa shape index (κ1) is 19.6. The predicted octanol–water partition coefficient (Wildman–Crippen LogP) is 3.53. The van der Waals surface area contributed by atoms with Crippen molar-refractivity contribution in [2.45, 2.75) is 38.6 Å². The lowest BCUT2D eigenvalue weighted by atomic mass is 10.2. The fourth-order valence-electron chi connectivity index (χ4n) is 4.02. The summed E-state index contributed by atoms with van der Waals surface area (Å²) in [4.78, 5) is 25.7. The van der Waals surface area contributed by atoms with Crippen molar-refractivity contribution in [2.24, 2.45) is 0 Å². The van der Waals surface area contributed by atoms with Gasteiger partial charge in [0.25, 0.3) is 0 Å². The molecule has 0 spiro atoms. The molecule has 4 rings (SSSR count). The summed E-state index contributed by atoms with van der Waals surface area (Å²) in [5, 5.41) is 6.72. The number of ketones is 1. The summed E-state index contributed by atoms with van der Waals surface area (Å²) >= 11 is 0. The van der Waals surface area contributed by atoms with E-state index in [4.69, 9.17) is 0 Å². The molecule has 0 bridgehead atoms. The number of nitrogens with one attached hydrogen (secondary N) is 2. The maximum absolute atomic E-state index is 12.0. The molecule has 1 saturated carbocycles. The quantitative estimate of drug-likeness (QED) is 0.726. The molecule has 2 fully saturated rings. The average Bonchev–Trinajstić information content (AvgIpc) is 3.22. The molecule has 1 aromatic heterocycles. The number of carbonyl (C=O) groups is 1. The second-order valence-corrected chi connectivity index (χ2v) is 8.10. The summed E-state index contributed by atoms with van der Waals surface area (Å²) in [5.74, 6) is 1.12. The standard InChI is InChI=1S/C22H30N6O/c1-16(29)20-15-23-22(26-21(20)24-17-5-3-4-6-17)25-18-7-9-19(10-8-18)28-13-11-27(2)12-14-28/h7-10,15,17H,3-6,11-14H2,1-2H3,(H2,23,24,25,26). The van der Waals surface area contributed by atoms with Crippen molar-refractivity contribution in [1.29, 1.82) is 0 Å². The Morgan fingerprint density at radius 2 is 1.76 bits per heavy atom. The summed E-state index contributed by atoms with van der Waals surface area (Å²) in [6.07, 6.45) is 6.31. The number of piperazine rings is 1. The van der Waals surface area contributed by atoms with Gasteiger partial charge in [0.15, 0.2) is 5.78 Å². The molecular weight excluding hydrogens is 364 g/mol. The second-order valence-electron chi connectivity index (χ2n) is 8.10. The molecule has 2 heterocycles. The maximum Gasteiger partial charge on any atom is 0.229 e. The molecule has 1 saturated heterocycles. The first-order valence-electron chi connectivity index (χ1n) is 10.5. The van der Waals surface area contributed by atoms with E-state index < -0.39 is 0 Å². The molecule has 7 nitrogen and oxygen atoms in total. The van der Waals surface area contributed by atoms with Crippen LogP contribution in [0.1, 0.15) is 43.0 Å². The van der Waals surface area contributed by atoms with Gasteiger partial charge in [-0.05, 0) is 51.1 Å². The van der Waals surface area contributed by atoms with Crippen LogP contribution in [0.5, 0.6) is 0 Å². The van der Waals surface area contributed by atoms with Crippen LogP contribution in [-0.4, -0.2) is 59.9 Å². The molecule has 2 aromatic rings. The molecule has 0 unspecified atom stereocenters. The highest BCUT2D eigenvalue weighted by atomic mass is 16.1. The van der Waals surface area contributed by atoms with Crippen LogP contribution in [0.2, 0.25) is 0 Å². The van der Waals surface area contributed by atoms with Gasteiger partial charge in [0, 0.05) is 49.8 Å².